The Morgan fingerprint density at radius 2 is 1.25 bits per heavy atom. The largest absolute Gasteiger partial charge is 0.478 e. The maximum absolute atomic E-state index is 12.0. The van der Waals surface area contributed by atoms with Crippen LogP contribution < -0.4 is 10.6 Å². The number of nitrogens with one attached hydrogen (secondary N) is 2. The van der Waals surface area contributed by atoms with Gasteiger partial charge in [-0.1, -0.05) is 13.3 Å². The van der Waals surface area contributed by atoms with Gasteiger partial charge in [0.15, 0.2) is 0 Å². The molecule has 140 valence electrons. The second-order valence-corrected chi connectivity index (χ2v) is 7.57. The molecule has 0 unspecified atom stereocenters. The zero-order valence-corrected chi connectivity index (χ0v) is 15.6. The molecule has 0 atom stereocenters. The van der Waals surface area contributed by atoms with Gasteiger partial charge in [0.25, 0.3) is 0 Å². The van der Waals surface area contributed by atoms with Gasteiger partial charge in [0.1, 0.15) is 11.2 Å². The van der Waals surface area contributed by atoms with Crippen molar-refractivity contribution in [1.29, 1.82) is 0 Å². The number of rotatable bonds is 6. The van der Waals surface area contributed by atoms with Crippen LogP contribution in [0.3, 0.4) is 0 Å². The summed E-state index contributed by atoms with van der Waals surface area (Å²) in [4.78, 5) is 35.8. The van der Waals surface area contributed by atoms with Crippen LogP contribution >= 0.6 is 0 Å². The molecule has 0 saturated carbocycles. The number of unbranched alkanes of at least 4 members (excludes halogenated alkanes) is 1. The SMILES string of the molecule is CCCCC(NC(=O)OC(C)(C)C)(NC(=O)OC(C)(C)C)C(=O)O. The number of carboxylic acid groups (broad SMARTS) is 1. The van der Waals surface area contributed by atoms with Gasteiger partial charge in [0, 0.05) is 6.42 Å². The van der Waals surface area contributed by atoms with E-state index in [1.54, 1.807) is 41.5 Å². The Morgan fingerprint density at radius 1 is 0.875 bits per heavy atom. The smallest absolute Gasteiger partial charge is 0.409 e. The van der Waals surface area contributed by atoms with E-state index < -0.39 is 35.0 Å². The molecule has 0 rings (SSSR count). The maximum atomic E-state index is 12.0. The van der Waals surface area contributed by atoms with Crippen LogP contribution in [0.5, 0.6) is 0 Å². The Hall–Kier alpha value is -1.99. The molecule has 8 heteroatoms. The molecule has 0 aromatic rings. The summed E-state index contributed by atoms with van der Waals surface area (Å²) in [6.45, 7) is 11.8. The molecule has 0 fully saturated rings. The van der Waals surface area contributed by atoms with Gasteiger partial charge in [-0.2, -0.15) is 0 Å². The van der Waals surface area contributed by atoms with Gasteiger partial charge >= 0.3 is 18.2 Å². The number of carbonyl (C=O) groups excluding carboxylic acids is 2. The molecule has 24 heavy (non-hydrogen) atoms. The summed E-state index contributed by atoms with van der Waals surface area (Å²) in [6.07, 6.45) is -0.718. The summed E-state index contributed by atoms with van der Waals surface area (Å²) in [6, 6.07) is 0. The highest BCUT2D eigenvalue weighted by atomic mass is 16.6. The van der Waals surface area contributed by atoms with Crippen molar-refractivity contribution in [3.63, 3.8) is 0 Å². The predicted molar refractivity (Wildman–Crippen MR) is 88.6 cm³/mol. The fraction of sp³-hybridized carbons (Fsp3) is 0.812. The average molecular weight is 346 g/mol. The van der Waals surface area contributed by atoms with Crippen molar-refractivity contribution < 1.29 is 29.0 Å². The molecule has 2 amide bonds. The third kappa shape index (κ3) is 8.59. The van der Waals surface area contributed by atoms with E-state index in [-0.39, 0.29) is 6.42 Å². The number of carbonyl (C=O) groups is 3. The van der Waals surface area contributed by atoms with Crippen LogP contribution in [0.4, 0.5) is 9.59 Å². The number of alkyl carbamates (subject to hydrolysis) is 2. The number of amides is 2. The fourth-order valence-corrected chi connectivity index (χ4v) is 1.77. The van der Waals surface area contributed by atoms with E-state index in [1.807, 2.05) is 6.92 Å². The standard InChI is InChI=1S/C16H30N2O6/c1-8-9-10-16(11(19)20,17-12(21)23-14(2,3)4)18-13(22)24-15(5,6)7/h8-10H2,1-7H3,(H,17,21)(H,18,22)(H,19,20). The third-order valence-corrected chi connectivity index (χ3v) is 2.70. The van der Waals surface area contributed by atoms with Crippen LogP contribution in [0.15, 0.2) is 0 Å². The van der Waals surface area contributed by atoms with Gasteiger partial charge < -0.3 is 14.6 Å². The van der Waals surface area contributed by atoms with E-state index in [9.17, 15) is 19.5 Å². The fourth-order valence-electron chi connectivity index (χ4n) is 1.77. The van der Waals surface area contributed by atoms with E-state index in [0.29, 0.717) is 12.8 Å². The average Bonchev–Trinajstić information content (AvgIpc) is 2.30. The van der Waals surface area contributed by atoms with Crippen molar-refractivity contribution in [2.45, 2.75) is 84.6 Å². The van der Waals surface area contributed by atoms with Gasteiger partial charge in [-0.3, -0.25) is 10.6 Å². The molecule has 0 aliphatic rings. The highest BCUT2D eigenvalue weighted by molar-refractivity contribution is 5.88. The first-order valence-electron chi connectivity index (χ1n) is 7.96. The minimum atomic E-state index is -2.00. The van der Waals surface area contributed by atoms with Crippen molar-refractivity contribution >= 4 is 18.2 Å². The summed E-state index contributed by atoms with van der Waals surface area (Å²) in [5.74, 6) is -1.40. The molecule has 0 aromatic carbocycles. The second kappa shape index (κ2) is 8.21. The minimum absolute atomic E-state index is 0.00266. The van der Waals surface area contributed by atoms with Crippen LogP contribution in [0.1, 0.15) is 67.7 Å². The predicted octanol–water partition coefficient (Wildman–Crippen LogP) is 3.01. The number of ether oxygens (including phenoxy) is 2. The molecule has 3 N–H and O–H groups in total. The maximum Gasteiger partial charge on any atom is 0.409 e. The molecular weight excluding hydrogens is 316 g/mol. The van der Waals surface area contributed by atoms with Gasteiger partial charge in [0.2, 0.25) is 5.66 Å². The third-order valence-electron chi connectivity index (χ3n) is 2.70. The van der Waals surface area contributed by atoms with E-state index in [4.69, 9.17) is 9.47 Å². The van der Waals surface area contributed by atoms with E-state index in [2.05, 4.69) is 10.6 Å². The molecule has 0 aliphatic carbocycles. The van der Waals surface area contributed by atoms with Crippen molar-refractivity contribution in [3.05, 3.63) is 0 Å². The lowest BCUT2D eigenvalue weighted by Crippen LogP contribution is -2.66. The summed E-state index contributed by atoms with van der Waals surface area (Å²) >= 11 is 0. The van der Waals surface area contributed by atoms with Crippen molar-refractivity contribution in [2.75, 3.05) is 0 Å². The number of carboxylic acids is 1. The van der Waals surface area contributed by atoms with Crippen molar-refractivity contribution in [1.82, 2.24) is 10.6 Å². The molecule has 0 saturated heterocycles. The topological polar surface area (TPSA) is 114 Å². The molecular formula is C16H30N2O6. The van der Waals surface area contributed by atoms with Crippen molar-refractivity contribution in [3.8, 4) is 0 Å². The van der Waals surface area contributed by atoms with Crippen LogP contribution in [-0.4, -0.2) is 40.1 Å². The first kappa shape index (κ1) is 22.0. The molecule has 0 spiro atoms. The Labute approximate surface area is 143 Å². The zero-order valence-electron chi connectivity index (χ0n) is 15.6. The first-order chi connectivity index (χ1) is 10.7. The summed E-state index contributed by atoms with van der Waals surface area (Å²) in [7, 11) is 0. The van der Waals surface area contributed by atoms with Gasteiger partial charge in [-0.25, -0.2) is 14.4 Å². The quantitative estimate of drug-likeness (QED) is 0.637. The second-order valence-electron chi connectivity index (χ2n) is 7.57. The van der Waals surface area contributed by atoms with Gasteiger partial charge in [0.05, 0.1) is 0 Å². The van der Waals surface area contributed by atoms with Crippen LogP contribution in [0.2, 0.25) is 0 Å². The lowest BCUT2D eigenvalue weighted by molar-refractivity contribution is -0.147. The van der Waals surface area contributed by atoms with E-state index in [0.717, 1.165) is 0 Å². The molecule has 0 heterocycles. The lowest BCUT2D eigenvalue weighted by atomic mass is 10.0. The Kier molecular flexibility index (Phi) is 7.53. The lowest BCUT2D eigenvalue weighted by Gasteiger charge is -2.33. The van der Waals surface area contributed by atoms with Crippen LogP contribution in [0.25, 0.3) is 0 Å². The van der Waals surface area contributed by atoms with Crippen LogP contribution in [0, 0.1) is 0 Å². The summed E-state index contributed by atoms with van der Waals surface area (Å²) in [5.41, 5.74) is -3.60. The summed E-state index contributed by atoms with van der Waals surface area (Å²) in [5, 5.41) is 14.1. The van der Waals surface area contributed by atoms with Crippen LogP contribution in [-0.2, 0) is 14.3 Å². The number of hydrogen-bond acceptors (Lipinski definition) is 5. The number of hydrogen-bond donors (Lipinski definition) is 3. The number of aliphatic carboxylic acids is 1. The monoisotopic (exact) mass is 346 g/mol. The molecule has 0 radical (unpaired) electrons. The zero-order chi connectivity index (χ0) is 19.2. The minimum Gasteiger partial charge on any atom is -0.478 e. The summed E-state index contributed by atoms with van der Waals surface area (Å²) < 4.78 is 10.2. The van der Waals surface area contributed by atoms with E-state index >= 15 is 0 Å². The Bertz CT molecular complexity index is 432. The Morgan fingerprint density at radius 3 is 1.50 bits per heavy atom. The molecule has 0 bridgehead atoms. The highest BCUT2D eigenvalue weighted by Crippen LogP contribution is 2.16. The van der Waals surface area contributed by atoms with E-state index in [1.165, 1.54) is 0 Å². The highest BCUT2D eigenvalue weighted by Gasteiger charge is 2.43. The normalized spacial score (nSPS) is 12.3. The van der Waals surface area contributed by atoms with Gasteiger partial charge in [-0.05, 0) is 48.0 Å². The molecule has 0 aliphatic heterocycles. The van der Waals surface area contributed by atoms with Gasteiger partial charge in [-0.15, -0.1) is 0 Å². The molecule has 0 aromatic heterocycles. The first-order valence-corrected chi connectivity index (χ1v) is 7.96. The van der Waals surface area contributed by atoms with Crippen molar-refractivity contribution in [2.24, 2.45) is 0 Å². The molecule has 8 nitrogen and oxygen atoms in total. The Balaban J connectivity index is 5.36.